The number of carboxylic acids is 1. The van der Waals surface area contributed by atoms with Gasteiger partial charge in [0.15, 0.2) is 0 Å². The van der Waals surface area contributed by atoms with Gasteiger partial charge in [-0.25, -0.2) is 9.78 Å². The van der Waals surface area contributed by atoms with Crippen LogP contribution in [0.3, 0.4) is 0 Å². The summed E-state index contributed by atoms with van der Waals surface area (Å²) in [7, 11) is 1.78. The van der Waals surface area contributed by atoms with E-state index in [2.05, 4.69) is 20.9 Å². The number of aromatic nitrogens is 1. The topological polar surface area (TPSA) is 53.4 Å². The Hall–Kier alpha value is -1.59. The van der Waals surface area contributed by atoms with Crippen LogP contribution < -0.4 is 4.90 Å². The molecule has 0 radical (unpaired) electrons. The summed E-state index contributed by atoms with van der Waals surface area (Å²) in [6.07, 6.45) is 1.57. The van der Waals surface area contributed by atoms with Crippen molar-refractivity contribution in [2.45, 2.75) is 6.54 Å². The van der Waals surface area contributed by atoms with E-state index in [9.17, 15) is 9.90 Å². The summed E-state index contributed by atoms with van der Waals surface area (Å²) in [6.45, 7) is 0.481. The molecule has 0 spiro atoms. The fourth-order valence-corrected chi connectivity index (χ4v) is 2.38. The summed E-state index contributed by atoms with van der Waals surface area (Å²) in [5.74, 6) is -0.611. The lowest BCUT2D eigenvalue weighted by atomic mass is 10.2. The van der Waals surface area contributed by atoms with Crippen molar-refractivity contribution >= 4 is 39.3 Å². The molecule has 0 aliphatic rings. The molecule has 0 saturated heterocycles. The Balaban J connectivity index is 2.32. The number of aromatic carboxylic acids is 1. The first-order valence-corrected chi connectivity index (χ1v) is 6.99. The van der Waals surface area contributed by atoms with Crippen LogP contribution in [0.15, 0.2) is 41.0 Å². The summed E-state index contributed by atoms with van der Waals surface area (Å²) in [6, 6.07) is 8.98. The highest BCUT2D eigenvalue weighted by Crippen LogP contribution is 2.24. The Morgan fingerprint density at radius 3 is 2.80 bits per heavy atom. The van der Waals surface area contributed by atoms with Crippen molar-refractivity contribution < 1.29 is 9.90 Å². The first-order chi connectivity index (χ1) is 9.49. The van der Waals surface area contributed by atoms with E-state index >= 15 is 0 Å². The lowest BCUT2D eigenvalue weighted by Crippen LogP contribution is -2.21. The predicted molar refractivity (Wildman–Crippen MR) is 82.5 cm³/mol. The smallest absolute Gasteiger partial charge is 0.339 e. The molecule has 104 valence electrons. The monoisotopic (exact) mass is 354 g/mol. The van der Waals surface area contributed by atoms with Gasteiger partial charge in [0.2, 0.25) is 0 Å². The molecule has 6 heteroatoms. The van der Waals surface area contributed by atoms with E-state index in [1.54, 1.807) is 24.2 Å². The molecule has 2 rings (SSSR count). The fraction of sp³-hybridized carbons (Fsp3) is 0.143. The molecular formula is C14H12BrClN2O2. The van der Waals surface area contributed by atoms with Crippen LogP contribution in [0.4, 0.5) is 5.82 Å². The minimum Gasteiger partial charge on any atom is -0.478 e. The highest BCUT2D eigenvalue weighted by molar-refractivity contribution is 9.10. The highest BCUT2D eigenvalue weighted by atomic mass is 79.9. The number of rotatable bonds is 4. The van der Waals surface area contributed by atoms with Crippen LogP contribution in [-0.4, -0.2) is 23.1 Å². The minimum absolute atomic E-state index is 0.147. The molecule has 0 unspecified atom stereocenters. The number of anilines is 1. The Bertz CT molecular complexity index is 649. The quantitative estimate of drug-likeness (QED) is 0.905. The third-order valence-corrected chi connectivity index (χ3v) is 3.59. The summed E-state index contributed by atoms with van der Waals surface area (Å²) >= 11 is 9.34. The van der Waals surface area contributed by atoms with Crippen LogP contribution in [0.1, 0.15) is 15.9 Å². The fourth-order valence-electron chi connectivity index (χ4n) is 1.85. The maximum absolute atomic E-state index is 11.3. The average Bonchev–Trinajstić information content (AvgIpc) is 2.41. The van der Waals surface area contributed by atoms with E-state index in [0.29, 0.717) is 21.9 Å². The molecule has 0 saturated carbocycles. The van der Waals surface area contributed by atoms with Gasteiger partial charge in [0, 0.05) is 29.3 Å². The van der Waals surface area contributed by atoms with Gasteiger partial charge >= 0.3 is 5.97 Å². The first kappa shape index (κ1) is 14.8. The maximum atomic E-state index is 11.3. The molecule has 0 atom stereocenters. The first-order valence-electron chi connectivity index (χ1n) is 5.82. The summed E-state index contributed by atoms with van der Waals surface area (Å²) in [5, 5.41) is 9.89. The molecule has 1 aromatic heterocycles. The third-order valence-electron chi connectivity index (χ3n) is 2.79. The van der Waals surface area contributed by atoms with E-state index in [4.69, 9.17) is 11.6 Å². The molecular weight excluding hydrogens is 344 g/mol. The molecule has 0 aliphatic heterocycles. The standard InChI is InChI=1S/C14H12BrClN2O2/c1-18(8-9-4-2-3-5-12(9)16)13-11(14(19)20)6-10(15)7-17-13/h2-7H,8H2,1H3,(H,19,20). The van der Waals surface area contributed by atoms with Gasteiger partial charge in [-0.3, -0.25) is 0 Å². The van der Waals surface area contributed by atoms with Gasteiger partial charge in [-0.1, -0.05) is 29.8 Å². The number of hydrogen-bond acceptors (Lipinski definition) is 3. The molecule has 0 aliphatic carbocycles. The number of pyridine rings is 1. The number of benzene rings is 1. The van der Waals surface area contributed by atoms with Gasteiger partial charge in [0.25, 0.3) is 0 Å². The number of hydrogen-bond donors (Lipinski definition) is 1. The number of carboxylic acid groups (broad SMARTS) is 1. The Morgan fingerprint density at radius 1 is 1.45 bits per heavy atom. The number of carbonyl (C=O) groups is 1. The van der Waals surface area contributed by atoms with Crippen molar-refractivity contribution in [2.24, 2.45) is 0 Å². The van der Waals surface area contributed by atoms with Crippen molar-refractivity contribution in [3.63, 3.8) is 0 Å². The number of halogens is 2. The molecule has 1 aromatic carbocycles. The van der Waals surface area contributed by atoms with E-state index in [1.165, 1.54) is 6.07 Å². The molecule has 1 heterocycles. The van der Waals surface area contributed by atoms with Crippen molar-refractivity contribution in [3.05, 3.63) is 57.2 Å². The van der Waals surface area contributed by atoms with Gasteiger partial charge in [0.05, 0.1) is 0 Å². The molecule has 2 aromatic rings. The van der Waals surface area contributed by atoms with Gasteiger partial charge in [0.1, 0.15) is 11.4 Å². The van der Waals surface area contributed by atoms with Crippen molar-refractivity contribution in [1.29, 1.82) is 0 Å². The van der Waals surface area contributed by atoms with Gasteiger partial charge in [-0.15, -0.1) is 0 Å². The zero-order valence-corrected chi connectivity index (χ0v) is 13.0. The SMILES string of the molecule is CN(Cc1ccccc1Cl)c1ncc(Br)cc1C(=O)O. The van der Waals surface area contributed by atoms with Crippen LogP contribution in [0.25, 0.3) is 0 Å². The molecule has 1 N–H and O–H groups in total. The van der Waals surface area contributed by atoms with Crippen molar-refractivity contribution in [2.75, 3.05) is 11.9 Å². The Labute approximate surface area is 130 Å². The zero-order valence-electron chi connectivity index (χ0n) is 10.7. The molecule has 20 heavy (non-hydrogen) atoms. The van der Waals surface area contributed by atoms with Crippen molar-refractivity contribution in [1.82, 2.24) is 4.98 Å². The molecule has 0 amide bonds. The summed E-state index contributed by atoms with van der Waals surface area (Å²) < 4.78 is 0.629. The third kappa shape index (κ3) is 3.29. The summed E-state index contributed by atoms with van der Waals surface area (Å²) in [4.78, 5) is 17.2. The van der Waals surface area contributed by atoms with Crippen LogP contribution in [0.5, 0.6) is 0 Å². The van der Waals surface area contributed by atoms with Gasteiger partial charge in [-0.2, -0.15) is 0 Å². The largest absolute Gasteiger partial charge is 0.478 e. The number of nitrogens with zero attached hydrogens (tertiary/aromatic N) is 2. The second kappa shape index (κ2) is 6.24. The van der Waals surface area contributed by atoms with Crippen LogP contribution >= 0.6 is 27.5 Å². The lowest BCUT2D eigenvalue weighted by Gasteiger charge is -2.20. The molecule has 0 bridgehead atoms. The minimum atomic E-state index is -1.01. The van der Waals surface area contributed by atoms with Gasteiger partial charge in [-0.05, 0) is 33.6 Å². The van der Waals surface area contributed by atoms with E-state index in [0.717, 1.165) is 5.56 Å². The molecule has 0 fully saturated rings. The van der Waals surface area contributed by atoms with Crippen LogP contribution in [-0.2, 0) is 6.54 Å². The zero-order chi connectivity index (χ0) is 14.7. The van der Waals surface area contributed by atoms with E-state index in [-0.39, 0.29) is 5.56 Å². The summed E-state index contributed by atoms with van der Waals surface area (Å²) in [5.41, 5.74) is 1.06. The lowest BCUT2D eigenvalue weighted by molar-refractivity contribution is 0.0697. The van der Waals surface area contributed by atoms with Crippen molar-refractivity contribution in [3.8, 4) is 0 Å². The van der Waals surface area contributed by atoms with Crippen LogP contribution in [0, 0.1) is 0 Å². The second-order valence-electron chi connectivity index (χ2n) is 4.28. The Morgan fingerprint density at radius 2 is 2.15 bits per heavy atom. The van der Waals surface area contributed by atoms with Crippen LogP contribution in [0.2, 0.25) is 5.02 Å². The molecule has 4 nitrogen and oxygen atoms in total. The van der Waals surface area contributed by atoms with E-state index < -0.39 is 5.97 Å². The average molecular weight is 356 g/mol. The second-order valence-corrected chi connectivity index (χ2v) is 5.60. The Kier molecular flexibility index (Phi) is 4.62. The predicted octanol–water partition coefficient (Wildman–Crippen LogP) is 3.83. The highest BCUT2D eigenvalue weighted by Gasteiger charge is 2.16. The maximum Gasteiger partial charge on any atom is 0.339 e. The van der Waals surface area contributed by atoms with Gasteiger partial charge < -0.3 is 10.0 Å². The normalized spacial score (nSPS) is 10.3. The van der Waals surface area contributed by atoms with E-state index in [1.807, 2.05) is 18.2 Å².